The zero-order chi connectivity index (χ0) is 26.8. The summed E-state index contributed by atoms with van der Waals surface area (Å²) < 4.78 is 0. The van der Waals surface area contributed by atoms with Gasteiger partial charge in [-0.1, -0.05) is 46.2 Å². The predicted molar refractivity (Wildman–Crippen MR) is 135 cm³/mol. The molecule has 1 aromatic carbocycles. The molecule has 1 aliphatic rings. The number of aromatic hydroxyl groups is 1. The monoisotopic (exact) mass is 504 g/mol. The molecule has 200 valence electrons. The molecule has 0 aromatic heterocycles. The third-order valence-electron chi connectivity index (χ3n) is 6.50. The molecule has 1 aliphatic heterocycles. The molecule has 2 rings (SSSR count). The molecule has 1 aromatic rings. The largest absolute Gasteiger partial charge is 0.508 e. The average molecular weight is 505 g/mol. The third kappa shape index (κ3) is 8.82. The van der Waals surface area contributed by atoms with Crippen LogP contribution in [0.2, 0.25) is 0 Å². The van der Waals surface area contributed by atoms with Crippen molar-refractivity contribution < 1.29 is 29.4 Å². The Kier molecular flexibility index (Phi) is 11.2. The van der Waals surface area contributed by atoms with Crippen molar-refractivity contribution in [1.29, 1.82) is 0 Å². The molecule has 10 nitrogen and oxygen atoms in total. The molecule has 10 heteroatoms. The number of amides is 3. The number of phenols is 1. The third-order valence-corrected chi connectivity index (χ3v) is 6.50. The Hall–Kier alpha value is -3.14. The Balaban J connectivity index is 2.21. The number of hydrogen-bond donors (Lipinski definition) is 6. The maximum Gasteiger partial charge on any atom is 0.326 e. The van der Waals surface area contributed by atoms with Gasteiger partial charge in [0.1, 0.15) is 23.9 Å². The van der Waals surface area contributed by atoms with Crippen molar-refractivity contribution in [3.8, 4) is 5.75 Å². The molecule has 0 radical (unpaired) electrons. The van der Waals surface area contributed by atoms with Crippen LogP contribution in [0.25, 0.3) is 0 Å². The van der Waals surface area contributed by atoms with E-state index in [9.17, 15) is 29.4 Å². The standard InChI is InChI=1S/C26H40N4O6/c1-5-16(4)22(26(35)36)30-25(34)20(13-15(2)3)28-24(33)21(14-17-8-10-18(31)11-9-17)29-23(32)19-7-6-12-27-19/h8-11,15-16,19-22,27,31H,5-7,12-14H2,1-4H3,(H,28,33)(H,29,32)(H,30,34)(H,35,36). The minimum atomic E-state index is -1.13. The van der Waals surface area contributed by atoms with E-state index in [4.69, 9.17) is 0 Å². The molecule has 0 saturated carbocycles. The Bertz CT molecular complexity index is 898. The Labute approximate surface area is 212 Å². The van der Waals surface area contributed by atoms with E-state index >= 15 is 0 Å². The Morgan fingerprint density at radius 2 is 1.64 bits per heavy atom. The summed E-state index contributed by atoms with van der Waals surface area (Å²) >= 11 is 0. The van der Waals surface area contributed by atoms with Gasteiger partial charge >= 0.3 is 5.97 Å². The lowest BCUT2D eigenvalue weighted by Gasteiger charge is -2.27. The fourth-order valence-corrected chi connectivity index (χ4v) is 4.17. The van der Waals surface area contributed by atoms with E-state index in [1.807, 2.05) is 20.8 Å². The van der Waals surface area contributed by atoms with Crippen molar-refractivity contribution in [3.05, 3.63) is 29.8 Å². The molecule has 1 fully saturated rings. The van der Waals surface area contributed by atoms with Crippen molar-refractivity contribution >= 4 is 23.7 Å². The second-order valence-corrected chi connectivity index (χ2v) is 9.98. The van der Waals surface area contributed by atoms with Gasteiger partial charge in [0.15, 0.2) is 0 Å². The van der Waals surface area contributed by atoms with E-state index in [1.165, 1.54) is 12.1 Å². The van der Waals surface area contributed by atoms with Crippen LogP contribution < -0.4 is 21.3 Å². The van der Waals surface area contributed by atoms with Crippen LogP contribution in [0.5, 0.6) is 5.75 Å². The fourth-order valence-electron chi connectivity index (χ4n) is 4.17. The van der Waals surface area contributed by atoms with Crippen LogP contribution >= 0.6 is 0 Å². The van der Waals surface area contributed by atoms with Crippen LogP contribution in [0.4, 0.5) is 0 Å². The number of carbonyl (C=O) groups excluding carboxylic acids is 3. The molecule has 5 unspecified atom stereocenters. The van der Waals surface area contributed by atoms with E-state index in [0.29, 0.717) is 19.3 Å². The van der Waals surface area contributed by atoms with Gasteiger partial charge in [0.05, 0.1) is 6.04 Å². The number of carboxylic acid groups (broad SMARTS) is 1. The zero-order valence-electron chi connectivity index (χ0n) is 21.5. The molecule has 36 heavy (non-hydrogen) atoms. The number of hydrogen-bond acceptors (Lipinski definition) is 6. The Morgan fingerprint density at radius 3 is 2.17 bits per heavy atom. The highest BCUT2D eigenvalue weighted by molar-refractivity contribution is 5.94. The lowest BCUT2D eigenvalue weighted by Crippen LogP contribution is -2.58. The molecular weight excluding hydrogens is 464 g/mol. The molecule has 0 bridgehead atoms. The lowest BCUT2D eigenvalue weighted by atomic mass is 9.97. The first kappa shape index (κ1) is 29.1. The topological polar surface area (TPSA) is 157 Å². The van der Waals surface area contributed by atoms with Gasteiger partial charge < -0.3 is 31.5 Å². The van der Waals surface area contributed by atoms with Crippen molar-refractivity contribution in [2.45, 2.75) is 84.0 Å². The summed E-state index contributed by atoms with van der Waals surface area (Å²) in [5, 5.41) is 30.4. The van der Waals surface area contributed by atoms with Gasteiger partial charge in [0, 0.05) is 6.42 Å². The van der Waals surface area contributed by atoms with Crippen LogP contribution in [0.3, 0.4) is 0 Å². The van der Waals surface area contributed by atoms with E-state index in [0.717, 1.165) is 18.5 Å². The summed E-state index contributed by atoms with van der Waals surface area (Å²) in [5.41, 5.74) is 0.722. The van der Waals surface area contributed by atoms with Crippen molar-refractivity contribution in [2.75, 3.05) is 6.54 Å². The summed E-state index contributed by atoms with van der Waals surface area (Å²) in [7, 11) is 0. The van der Waals surface area contributed by atoms with Crippen LogP contribution in [-0.2, 0) is 25.6 Å². The van der Waals surface area contributed by atoms with Crippen LogP contribution in [-0.4, -0.2) is 64.6 Å². The summed E-state index contributed by atoms with van der Waals surface area (Å²) in [4.78, 5) is 51.0. The van der Waals surface area contributed by atoms with Crippen LogP contribution in [0.1, 0.15) is 58.9 Å². The van der Waals surface area contributed by atoms with Crippen LogP contribution in [0, 0.1) is 11.8 Å². The van der Waals surface area contributed by atoms with Gasteiger partial charge in [0.2, 0.25) is 17.7 Å². The lowest BCUT2D eigenvalue weighted by molar-refractivity contribution is -0.144. The highest BCUT2D eigenvalue weighted by Crippen LogP contribution is 2.14. The molecule has 3 amide bonds. The quantitative estimate of drug-likeness (QED) is 0.236. The van der Waals surface area contributed by atoms with Crippen molar-refractivity contribution in [1.82, 2.24) is 21.3 Å². The molecule has 1 heterocycles. The van der Waals surface area contributed by atoms with Gasteiger partial charge in [-0.25, -0.2) is 4.79 Å². The molecule has 5 atom stereocenters. The number of aliphatic carboxylic acids is 1. The SMILES string of the molecule is CCC(C)C(NC(=O)C(CC(C)C)NC(=O)C(Cc1ccc(O)cc1)NC(=O)C1CCCN1)C(=O)O. The van der Waals surface area contributed by atoms with Gasteiger partial charge in [-0.3, -0.25) is 14.4 Å². The normalized spacial score (nSPS) is 18.6. The molecule has 0 spiro atoms. The Morgan fingerprint density at radius 1 is 1.00 bits per heavy atom. The number of phenolic OH excluding ortho intramolecular Hbond substituents is 1. The van der Waals surface area contributed by atoms with Gasteiger partial charge in [0.25, 0.3) is 0 Å². The maximum absolute atomic E-state index is 13.4. The summed E-state index contributed by atoms with van der Waals surface area (Å²) in [6.07, 6.45) is 2.56. The molecular formula is C26H40N4O6. The van der Waals surface area contributed by atoms with E-state index in [1.54, 1.807) is 19.1 Å². The molecule has 0 aliphatic carbocycles. The average Bonchev–Trinajstić information content (AvgIpc) is 3.37. The number of carbonyl (C=O) groups is 4. The smallest absolute Gasteiger partial charge is 0.326 e. The first-order chi connectivity index (χ1) is 17.0. The summed E-state index contributed by atoms with van der Waals surface area (Å²) in [6, 6.07) is 2.94. The first-order valence-electron chi connectivity index (χ1n) is 12.7. The first-order valence-corrected chi connectivity index (χ1v) is 12.7. The van der Waals surface area contributed by atoms with Crippen LogP contribution in [0.15, 0.2) is 24.3 Å². The molecule has 1 saturated heterocycles. The van der Waals surface area contributed by atoms with E-state index < -0.39 is 35.9 Å². The number of nitrogens with one attached hydrogen (secondary N) is 4. The van der Waals surface area contributed by atoms with Crippen molar-refractivity contribution in [2.24, 2.45) is 11.8 Å². The minimum absolute atomic E-state index is 0.0424. The maximum atomic E-state index is 13.4. The number of carboxylic acids is 1. The second kappa shape index (κ2) is 13.8. The molecule has 6 N–H and O–H groups in total. The van der Waals surface area contributed by atoms with Gasteiger partial charge in [-0.05, 0) is 55.3 Å². The number of benzene rings is 1. The zero-order valence-corrected chi connectivity index (χ0v) is 21.5. The summed E-state index contributed by atoms with van der Waals surface area (Å²) in [5.74, 6) is -2.69. The summed E-state index contributed by atoms with van der Waals surface area (Å²) in [6.45, 7) is 8.12. The van der Waals surface area contributed by atoms with E-state index in [2.05, 4.69) is 21.3 Å². The minimum Gasteiger partial charge on any atom is -0.508 e. The highest BCUT2D eigenvalue weighted by atomic mass is 16.4. The highest BCUT2D eigenvalue weighted by Gasteiger charge is 2.33. The van der Waals surface area contributed by atoms with E-state index in [-0.39, 0.29) is 36.0 Å². The van der Waals surface area contributed by atoms with Crippen molar-refractivity contribution in [3.63, 3.8) is 0 Å². The second-order valence-electron chi connectivity index (χ2n) is 9.98. The fraction of sp³-hybridized carbons (Fsp3) is 0.615. The van der Waals surface area contributed by atoms with Gasteiger partial charge in [-0.15, -0.1) is 0 Å². The van der Waals surface area contributed by atoms with Gasteiger partial charge in [-0.2, -0.15) is 0 Å². The predicted octanol–water partition coefficient (Wildman–Crippen LogP) is 1.32. The number of rotatable bonds is 13.